The summed E-state index contributed by atoms with van der Waals surface area (Å²) >= 11 is 0. The third kappa shape index (κ3) is 2.95. The number of piperidine rings is 1. The summed E-state index contributed by atoms with van der Waals surface area (Å²) in [7, 11) is 0. The van der Waals surface area contributed by atoms with E-state index in [-0.39, 0.29) is 11.7 Å². The van der Waals surface area contributed by atoms with Gasteiger partial charge in [0.1, 0.15) is 5.82 Å². The van der Waals surface area contributed by atoms with Gasteiger partial charge in [-0.3, -0.25) is 4.79 Å². The second-order valence-corrected chi connectivity index (χ2v) is 5.70. The molecule has 19 heavy (non-hydrogen) atoms. The summed E-state index contributed by atoms with van der Waals surface area (Å²) in [5.74, 6) is 0.00852. The van der Waals surface area contributed by atoms with Crippen molar-refractivity contribution < 1.29 is 9.18 Å². The van der Waals surface area contributed by atoms with Crippen molar-refractivity contribution in [3.05, 3.63) is 35.6 Å². The van der Waals surface area contributed by atoms with E-state index in [1.165, 1.54) is 25.0 Å². The van der Waals surface area contributed by atoms with Crippen LogP contribution in [-0.2, 0) is 0 Å². The van der Waals surface area contributed by atoms with Crippen LogP contribution in [0.15, 0.2) is 24.3 Å². The van der Waals surface area contributed by atoms with Gasteiger partial charge in [-0.25, -0.2) is 4.39 Å². The first-order chi connectivity index (χ1) is 9.20. The first-order valence-corrected chi connectivity index (χ1v) is 7.00. The van der Waals surface area contributed by atoms with Crippen molar-refractivity contribution in [1.82, 2.24) is 10.6 Å². The minimum Gasteiger partial charge on any atom is -0.352 e. The lowest BCUT2D eigenvalue weighted by molar-refractivity contribution is 0.0941. The molecule has 2 saturated heterocycles. The predicted molar refractivity (Wildman–Crippen MR) is 71.4 cm³/mol. The van der Waals surface area contributed by atoms with Crippen LogP contribution in [0.4, 0.5) is 4.39 Å². The lowest BCUT2D eigenvalue weighted by Crippen LogP contribution is -2.42. The molecule has 1 aromatic carbocycles. The monoisotopic (exact) mass is 262 g/mol. The minimum absolute atomic E-state index is 0.176. The highest BCUT2D eigenvalue weighted by atomic mass is 19.1. The molecule has 0 spiro atoms. The largest absolute Gasteiger partial charge is 0.352 e. The number of fused-ring (bicyclic) bond motifs is 2. The Morgan fingerprint density at radius 1 is 1.32 bits per heavy atom. The van der Waals surface area contributed by atoms with Crippen molar-refractivity contribution >= 4 is 5.91 Å². The van der Waals surface area contributed by atoms with Gasteiger partial charge in [0.2, 0.25) is 0 Å². The van der Waals surface area contributed by atoms with Crippen LogP contribution in [0.1, 0.15) is 36.0 Å². The van der Waals surface area contributed by atoms with Crippen molar-refractivity contribution in [2.24, 2.45) is 5.92 Å². The fourth-order valence-electron chi connectivity index (χ4n) is 3.31. The summed E-state index contributed by atoms with van der Waals surface area (Å²) in [6.07, 6.45) is 4.80. The standard InChI is InChI=1S/C15H19FN2O/c16-12-3-1-2-11(8-12)15(19)17-9-10-6-13-4-5-14(7-10)18-13/h1-3,8,10,13-14,18H,4-7,9H2,(H,17,19). The summed E-state index contributed by atoms with van der Waals surface area (Å²) in [6, 6.07) is 7.10. The number of amides is 1. The van der Waals surface area contributed by atoms with Crippen LogP contribution in [0, 0.1) is 11.7 Å². The molecule has 1 amide bonds. The maximum absolute atomic E-state index is 13.0. The lowest BCUT2D eigenvalue weighted by Gasteiger charge is -2.29. The molecule has 0 aromatic heterocycles. The van der Waals surface area contributed by atoms with E-state index in [2.05, 4.69) is 10.6 Å². The zero-order chi connectivity index (χ0) is 13.2. The highest BCUT2D eigenvalue weighted by Crippen LogP contribution is 2.30. The van der Waals surface area contributed by atoms with Crippen LogP contribution in [0.25, 0.3) is 0 Å². The molecular formula is C15H19FN2O. The Morgan fingerprint density at radius 2 is 2.05 bits per heavy atom. The van der Waals surface area contributed by atoms with E-state index in [9.17, 15) is 9.18 Å². The van der Waals surface area contributed by atoms with E-state index < -0.39 is 0 Å². The first kappa shape index (κ1) is 12.6. The van der Waals surface area contributed by atoms with Crippen LogP contribution in [0.5, 0.6) is 0 Å². The number of nitrogens with one attached hydrogen (secondary N) is 2. The average molecular weight is 262 g/mol. The summed E-state index contributed by atoms with van der Waals surface area (Å²) in [5.41, 5.74) is 0.400. The third-order valence-corrected chi connectivity index (χ3v) is 4.21. The summed E-state index contributed by atoms with van der Waals surface area (Å²) in [4.78, 5) is 11.9. The Balaban J connectivity index is 1.53. The Bertz CT molecular complexity index is 465. The van der Waals surface area contributed by atoms with Gasteiger partial charge in [0.15, 0.2) is 0 Å². The number of rotatable bonds is 3. The lowest BCUT2D eigenvalue weighted by atomic mass is 9.92. The number of halogens is 1. The molecule has 2 N–H and O–H groups in total. The normalized spacial score (nSPS) is 29.2. The number of hydrogen-bond acceptors (Lipinski definition) is 2. The highest BCUT2D eigenvalue weighted by molar-refractivity contribution is 5.94. The van der Waals surface area contributed by atoms with Crippen molar-refractivity contribution in [1.29, 1.82) is 0 Å². The van der Waals surface area contributed by atoms with Gasteiger partial charge in [0.05, 0.1) is 0 Å². The molecule has 4 heteroatoms. The number of carbonyl (C=O) groups is 1. The van der Waals surface area contributed by atoms with Crippen LogP contribution in [0.2, 0.25) is 0 Å². The van der Waals surface area contributed by atoms with Crippen LogP contribution in [0.3, 0.4) is 0 Å². The van der Waals surface area contributed by atoms with Crippen molar-refractivity contribution in [3.63, 3.8) is 0 Å². The molecule has 102 valence electrons. The zero-order valence-corrected chi connectivity index (χ0v) is 10.9. The van der Waals surface area contributed by atoms with Crippen molar-refractivity contribution in [3.8, 4) is 0 Å². The quantitative estimate of drug-likeness (QED) is 0.875. The van der Waals surface area contributed by atoms with Gasteiger partial charge in [-0.05, 0) is 49.8 Å². The molecule has 2 atom stereocenters. The van der Waals surface area contributed by atoms with Gasteiger partial charge in [0.25, 0.3) is 5.91 Å². The number of benzene rings is 1. The van der Waals surface area contributed by atoms with Gasteiger partial charge in [-0.15, -0.1) is 0 Å². The van der Waals surface area contributed by atoms with Gasteiger partial charge in [0, 0.05) is 24.2 Å². The Kier molecular flexibility index (Phi) is 3.51. The summed E-state index contributed by atoms with van der Waals surface area (Å²) in [5, 5.41) is 6.52. The smallest absolute Gasteiger partial charge is 0.251 e. The number of hydrogen-bond donors (Lipinski definition) is 2. The Morgan fingerprint density at radius 3 is 2.74 bits per heavy atom. The van der Waals surface area contributed by atoms with Gasteiger partial charge < -0.3 is 10.6 Å². The Hall–Kier alpha value is -1.42. The van der Waals surface area contributed by atoms with Crippen LogP contribution in [-0.4, -0.2) is 24.5 Å². The highest BCUT2D eigenvalue weighted by Gasteiger charge is 2.33. The molecule has 1 aromatic rings. The van der Waals surface area contributed by atoms with E-state index in [4.69, 9.17) is 0 Å². The molecule has 0 radical (unpaired) electrons. The molecular weight excluding hydrogens is 243 g/mol. The molecule has 2 fully saturated rings. The SMILES string of the molecule is O=C(NCC1CC2CCC(C1)N2)c1cccc(F)c1. The van der Waals surface area contributed by atoms with Crippen molar-refractivity contribution in [2.45, 2.75) is 37.8 Å². The van der Waals surface area contributed by atoms with Gasteiger partial charge in [-0.1, -0.05) is 6.07 Å². The van der Waals surface area contributed by atoms with Crippen molar-refractivity contribution in [2.75, 3.05) is 6.54 Å². The van der Waals surface area contributed by atoms with E-state index in [1.54, 1.807) is 12.1 Å². The second kappa shape index (κ2) is 5.29. The molecule has 2 aliphatic heterocycles. The summed E-state index contributed by atoms with van der Waals surface area (Å²) in [6.45, 7) is 0.698. The Labute approximate surface area is 112 Å². The van der Waals surface area contributed by atoms with E-state index in [0.717, 1.165) is 12.8 Å². The van der Waals surface area contributed by atoms with Gasteiger partial charge >= 0.3 is 0 Å². The molecule has 0 saturated carbocycles. The van der Waals surface area contributed by atoms with Gasteiger partial charge in [-0.2, -0.15) is 0 Å². The third-order valence-electron chi connectivity index (χ3n) is 4.21. The molecule has 2 heterocycles. The molecule has 0 aliphatic carbocycles. The van der Waals surface area contributed by atoms with E-state index in [1.807, 2.05) is 0 Å². The molecule has 2 bridgehead atoms. The predicted octanol–water partition coefficient (Wildman–Crippen LogP) is 2.09. The topological polar surface area (TPSA) is 41.1 Å². The molecule has 2 aliphatic rings. The van der Waals surface area contributed by atoms with E-state index in [0.29, 0.717) is 30.1 Å². The second-order valence-electron chi connectivity index (χ2n) is 5.70. The zero-order valence-electron chi connectivity index (χ0n) is 10.9. The molecule has 2 unspecified atom stereocenters. The number of carbonyl (C=O) groups excluding carboxylic acids is 1. The fourth-order valence-corrected chi connectivity index (χ4v) is 3.31. The fraction of sp³-hybridized carbons (Fsp3) is 0.533. The van der Waals surface area contributed by atoms with E-state index >= 15 is 0 Å². The maximum atomic E-state index is 13.0. The summed E-state index contributed by atoms with van der Waals surface area (Å²) < 4.78 is 13.0. The molecule has 3 rings (SSSR count). The average Bonchev–Trinajstić information content (AvgIpc) is 2.75. The van der Waals surface area contributed by atoms with Crippen LogP contribution < -0.4 is 10.6 Å². The molecule has 3 nitrogen and oxygen atoms in total. The maximum Gasteiger partial charge on any atom is 0.251 e. The minimum atomic E-state index is -0.368. The van der Waals surface area contributed by atoms with Crippen LogP contribution >= 0.6 is 0 Å². The first-order valence-electron chi connectivity index (χ1n) is 7.00.